The van der Waals surface area contributed by atoms with E-state index in [-0.39, 0.29) is 17.9 Å². The molecule has 1 fully saturated rings. The zero-order valence-electron chi connectivity index (χ0n) is 9.94. The standard InChI is InChI=1S/C13H14ClNO3/c1-7-2-3-8(6-11(7)14)12(16)15-10-4-9(5-10)13(17)18/h2-3,6,9-10H,4-5H2,1H3,(H,15,16)(H,17,18). The van der Waals surface area contributed by atoms with Crippen molar-refractivity contribution in [3.8, 4) is 0 Å². The lowest BCUT2D eigenvalue weighted by Gasteiger charge is -2.32. The number of nitrogens with one attached hydrogen (secondary N) is 1. The molecular weight excluding hydrogens is 254 g/mol. The Morgan fingerprint density at radius 1 is 1.39 bits per heavy atom. The molecule has 2 rings (SSSR count). The molecule has 0 saturated heterocycles. The van der Waals surface area contributed by atoms with Gasteiger partial charge >= 0.3 is 5.97 Å². The molecule has 2 N–H and O–H groups in total. The van der Waals surface area contributed by atoms with Crippen LogP contribution in [0.1, 0.15) is 28.8 Å². The van der Waals surface area contributed by atoms with E-state index in [1.165, 1.54) is 0 Å². The second-order valence-electron chi connectivity index (χ2n) is 4.64. The van der Waals surface area contributed by atoms with Crippen LogP contribution in [-0.4, -0.2) is 23.0 Å². The lowest BCUT2D eigenvalue weighted by atomic mass is 9.80. The van der Waals surface area contributed by atoms with Crippen LogP contribution in [-0.2, 0) is 4.79 Å². The van der Waals surface area contributed by atoms with Gasteiger partial charge in [0.1, 0.15) is 0 Å². The van der Waals surface area contributed by atoms with E-state index >= 15 is 0 Å². The van der Waals surface area contributed by atoms with Crippen molar-refractivity contribution in [2.75, 3.05) is 0 Å². The SMILES string of the molecule is Cc1ccc(C(=O)NC2CC(C(=O)O)C2)cc1Cl. The van der Waals surface area contributed by atoms with Gasteiger partial charge in [-0.15, -0.1) is 0 Å². The molecule has 5 heteroatoms. The number of carboxylic acid groups (broad SMARTS) is 1. The fourth-order valence-electron chi connectivity index (χ4n) is 1.94. The highest BCUT2D eigenvalue weighted by Crippen LogP contribution is 2.27. The van der Waals surface area contributed by atoms with Crippen molar-refractivity contribution in [1.82, 2.24) is 5.32 Å². The fraction of sp³-hybridized carbons (Fsp3) is 0.385. The Balaban J connectivity index is 1.93. The molecule has 0 bridgehead atoms. The van der Waals surface area contributed by atoms with Crippen LogP contribution in [0.5, 0.6) is 0 Å². The van der Waals surface area contributed by atoms with E-state index in [2.05, 4.69) is 5.32 Å². The molecular formula is C13H14ClNO3. The smallest absolute Gasteiger partial charge is 0.306 e. The third kappa shape index (κ3) is 2.64. The average molecular weight is 268 g/mol. The molecule has 0 aromatic heterocycles. The minimum Gasteiger partial charge on any atom is -0.481 e. The third-order valence-electron chi connectivity index (χ3n) is 3.26. The van der Waals surface area contributed by atoms with E-state index < -0.39 is 5.97 Å². The highest BCUT2D eigenvalue weighted by molar-refractivity contribution is 6.31. The van der Waals surface area contributed by atoms with Gasteiger partial charge in [0.15, 0.2) is 0 Å². The van der Waals surface area contributed by atoms with Crippen LogP contribution in [0.2, 0.25) is 5.02 Å². The number of amides is 1. The van der Waals surface area contributed by atoms with Crippen LogP contribution in [0, 0.1) is 12.8 Å². The Labute approximate surface area is 110 Å². The van der Waals surface area contributed by atoms with Crippen molar-refractivity contribution in [2.45, 2.75) is 25.8 Å². The van der Waals surface area contributed by atoms with Crippen LogP contribution < -0.4 is 5.32 Å². The molecule has 1 aromatic rings. The largest absolute Gasteiger partial charge is 0.481 e. The minimum atomic E-state index is -0.793. The number of hydrogen-bond acceptors (Lipinski definition) is 2. The average Bonchev–Trinajstić information content (AvgIpc) is 2.25. The molecule has 4 nitrogen and oxygen atoms in total. The summed E-state index contributed by atoms with van der Waals surface area (Å²) in [6, 6.07) is 5.08. The maximum atomic E-state index is 11.9. The van der Waals surface area contributed by atoms with Crippen molar-refractivity contribution in [1.29, 1.82) is 0 Å². The zero-order valence-corrected chi connectivity index (χ0v) is 10.7. The number of carboxylic acids is 1. The van der Waals surface area contributed by atoms with Gasteiger partial charge < -0.3 is 10.4 Å². The molecule has 0 heterocycles. The summed E-state index contributed by atoms with van der Waals surface area (Å²) in [5, 5.41) is 12.1. The molecule has 96 valence electrons. The molecule has 1 aliphatic rings. The highest BCUT2D eigenvalue weighted by Gasteiger charge is 2.35. The van der Waals surface area contributed by atoms with Crippen molar-refractivity contribution in [3.63, 3.8) is 0 Å². The number of halogens is 1. The second kappa shape index (κ2) is 4.98. The van der Waals surface area contributed by atoms with Gasteiger partial charge in [0.05, 0.1) is 5.92 Å². The predicted octanol–water partition coefficient (Wildman–Crippen LogP) is 2.24. The van der Waals surface area contributed by atoms with E-state index in [1.54, 1.807) is 18.2 Å². The maximum absolute atomic E-state index is 11.9. The van der Waals surface area contributed by atoms with Crippen molar-refractivity contribution in [2.24, 2.45) is 5.92 Å². The topological polar surface area (TPSA) is 66.4 Å². The summed E-state index contributed by atoms with van der Waals surface area (Å²) in [7, 11) is 0. The summed E-state index contributed by atoms with van der Waals surface area (Å²) in [4.78, 5) is 22.5. The summed E-state index contributed by atoms with van der Waals surface area (Å²) in [6.45, 7) is 1.87. The Morgan fingerprint density at radius 3 is 2.61 bits per heavy atom. The van der Waals surface area contributed by atoms with Crippen molar-refractivity contribution < 1.29 is 14.7 Å². The Bertz CT molecular complexity index is 495. The molecule has 0 unspecified atom stereocenters. The quantitative estimate of drug-likeness (QED) is 0.883. The zero-order chi connectivity index (χ0) is 13.3. The van der Waals surface area contributed by atoms with Crippen molar-refractivity contribution >= 4 is 23.5 Å². The molecule has 0 spiro atoms. The number of benzene rings is 1. The van der Waals surface area contributed by atoms with E-state index in [0.29, 0.717) is 23.4 Å². The molecule has 0 atom stereocenters. The number of aryl methyl sites for hydroxylation is 1. The predicted molar refractivity (Wildman–Crippen MR) is 67.8 cm³/mol. The van der Waals surface area contributed by atoms with Gasteiger partial charge in [0.2, 0.25) is 0 Å². The number of carbonyl (C=O) groups excluding carboxylic acids is 1. The van der Waals surface area contributed by atoms with Gasteiger partial charge in [-0.1, -0.05) is 17.7 Å². The second-order valence-corrected chi connectivity index (χ2v) is 5.05. The Morgan fingerprint density at radius 2 is 2.06 bits per heavy atom. The highest BCUT2D eigenvalue weighted by atomic mass is 35.5. The molecule has 0 aliphatic heterocycles. The first kappa shape index (κ1) is 12.9. The summed E-state index contributed by atoms with van der Waals surface area (Å²) in [5.74, 6) is -1.32. The van der Waals surface area contributed by atoms with Crippen LogP contribution in [0.25, 0.3) is 0 Å². The van der Waals surface area contributed by atoms with E-state index in [4.69, 9.17) is 16.7 Å². The number of carbonyl (C=O) groups is 2. The Hall–Kier alpha value is -1.55. The van der Waals surface area contributed by atoms with Crippen LogP contribution in [0.3, 0.4) is 0 Å². The summed E-state index contributed by atoms with van der Waals surface area (Å²) < 4.78 is 0. The molecule has 0 radical (unpaired) electrons. The van der Waals surface area contributed by atoms with Gasteiger partial charge in [-0.2, -0.15) is 0 Å². The summed E-state index contributed by atoms with van der Waals surface area (Å²) in [6.07, 6.45) is 1.00. The monoisotopic (exact) mass is 267 g/mol. The lowest BCUT2D eigenvalue weighted by Crippen LogP contribution is -2.46. The van der Waals surface area contributed by atoms with Crippen LogP contribution in [0.15, 0.2) is 18.2 Å². The molecule has 18 heavy (non-hydrogen) atoms. The van der Waals surface area contributed by atoms with Gasteiger partial charge in [-0.05, 0) is 37.5 Å². The number of rotatable bonds is 3. The van der Waals surface area contributed by atoms with Gasteiger partial charge in [-0.3, -0.25) is 9.59 Å². The molecule has 1 saturated carbocycles. The first-order chi connectivity index (χ1) is 8.47. The van der Waals surface area contributed by atoms with Crippen molar-refractivity contribution in [3.05, 3.63) is 34.3 Å². The first-order valence-corrected chi connectivity index (χ1v) is 6.15. The number of hydrogen-bond donors (Lipinski definition) is 2. The summed E-state index contributed by atoms with van der Waals surface area (Å²) in [5.41, 5.74) is 1.42. The number of aliphatic carboxylic acids is 1. The molecule has 1 aromatic carbocycles. The third-order valence-corrected chi connectivity index (χ3v) is 3.66. The van der Waals surface area contributed by atoms with Crippen LogP contribution in [0.4, 0.5) is 0 Å². The summed E-state index contributed by atoms with van der Waals surface area (Å²) >= 11 is 5.95. The van der Waals surface area contributed by atoms with Gasteiger partial charge in [0, 0.05) is 16.6 Å². The maximum Gasteiger partial charge on any atom is 0.306 e. The van der Waals surface area contributed by atoms with Crippen LogP contribution >= 0.6 is 11.6 Å². The van der Waals surface area contributed by atoms with E-state index in [1.807, 2.05) is 6.92 Å². The van der Waals surface area contributed by atoms with Gasteiger partial charge in [-0.25, -0.2) is 0 Å². The Kier molecular flexibility index (Phi) is 3.57. The lowest BCUT2D eigenvalue weighted by molar-refractivity contribution is -0.145. The fourth-order valence-corrected chi connectivity index (χ4v) is 2.12. The molecule has 1 aliphatic carbocycles. The first-order valence-electron chi connectivity index (χ1n) is 5.77. The van der Waals surface area contributed by atoms with Gasteiger partial charge in [0.25, 0.3) is 5.91 Å². The van der Waals surface area contributed by atoms with E-state index in [9.17, 15) is 9.59 Å². The van der Waals surface area contributed by atoms with E-state index in [0.717, 1.165) is 5.56 Å². The normalized spacial score (nSPS) is 22.1. The molecule has 1 amide bonds. The minimum absolute atomic E-state index is 0.0429.